The Hall–Kier alpha value is -1.27. The van der Waals surface area contributed by atoms with Crippen LogP contribution in [0.2, 0.25) is 0 Å². The molecule has 0 radical (unpaired) electrons. The Bertz CT molecular complexity index is 974. The van der Waals surface area contributed by atoms with E-state index in [9.17, 15) is 4.79 Å². The van der Waals surface area contributed by atoms with Crippen molar-refractivity contribution in [3.05, 3.63) is 41.6 Å². The fraction of sp³-hybridized carbons (Fsp3) is 0.389. The van der Waals surface area contributed by atoms with Crippen molar-refractivity contribution in [3.63, 3.8) is 0 Å². The Kier molecular flexibility index (Phi) is 6.40. The molecule has 7 nitrogen and oxygen atoms in total. The highest BCUT2D eigenvalue weighted by Crippen LogP contribution is 2.29. The lowest BCUT2D eigenvalue weighted by molar-refractivity contribution is -0.136. The summed E-state index contributed by atoms with van der Waals surface area (Å²) in [7, 11) is 0. The van der Waals surface area contributed by atoms with E-state index in [2.05, 4.69) is 42.2 Å². The van der Waals surface area contributed by atoms with Crippen LogP contribution in [-0.2, 0) is 14.5 Å². The third-order valence-corrected chi connectivity index (χ3v) is 8.03. The molecule has 0 saturated heterocycles. The van der Waals surface area contributed by atoms with Crippen LogP contribution in [0.3, 0.4) is 0 Å². The second kappa shape index (κ2) is 8.84. The molecule has 2 N–H and O–H groups in total. The highest BCUT2D eigenvalue weighted by molar-refractivity contribution is 9.11. The summed E-state index contributed by atoms with van der Waals surface area (Å²) < 4.78 is 2.07. The van der Waals surface area contributed by atoms with Gasteiger partial charge in [-0.1, -0.05) is 10.3 Å². The standard InChI is InChI=1S/C18H18Br2N4O3S2/c1-9(25)24(8-10-6-11(22-26-10)14-2-4-16(19)28-14)18(21)13-7-12(23-27-13)15-3-5-17(20)29-15/h2-5,10,13,18H,6-8,21H2,1H3. The van der Waals surface area contributed by atoms with Gasteiger partial charge in [0.2, 0.25) is 5.91 Å². The molecule has 29 heavy (non-hydrogen) atoms. The average molecular weight is 562 g/mol. The minimum absolute atomic E-state index is 0.135. The summed E-state index contributed by atoms with van der Waals surface area (Å²) in [5.74, 6) is -0.135. The van der Waals surface area contributed by atoms with Crippen LogP contribution in [0, 0.1) is 0 Å². The van der Waals surface area contributed by atoms with Gasteiger partial charge in [-0.2, -0.15) is 0 Å². The number of oxime groups is 2. The first-order valence-electron chi connectivity index (χ1n) is 8.90. The molecular weight excluding hydrogens is 544 g/mol. The third-order valence-electron chi connectivity index (χ3n) is 4.69. The maximum absolute atomic E-state index is 12.3. The number of carbonyl (C=O) groups is 1. The lowest BCUT2D eigenvalue weighted by Crippen LogP contribution is -2.54. The number of carbonyl (C=O) groups excluding carboxylic acids is 1. The predicted molar refractivity (Wildman–Crippen MR) is 121 cm³/mol. The van der Waals surface area contributed by atoms with Gasteiger partial charge in [0.25, 0.3) is 0 Å². The fourth-order valence-corrected chi connectivity index (χ4v) is 5.97. The monoisotopic (exact) mass is 560 g/mol. The highest BCUT2D eigenvalue weighted by atomic mass is 79.9. The van der Waals surface area contributed by atoms with Gasteiger partial charge in [0, 0.05) is 19.8 Å². The molecular formula is C18H18Br2N4O3S2. The van der Waals surface area contributed by atoms with Crippen LogP contribution in [0.4, 0.5) is 0 Å². The number of thiophene rings is 2. The Morgan fingerprint density at radius 1 is 1.14 bits per heavy atom. The zero-order valence-corrected chi connectivity index (χ0v) is 20.2. The summed E-state index contributed by atoms with van der Waals surface area (Å²) in [6, 6.07) is 7.94. The molecule has 3 atom stereocenters. The van der Waals surface area contributed by atoms with Gasteiger partial charge in [-0.05, 0) is 56.1 Å². The van der Waals surface area contributed by atoms with Crippen molar-refractivity contribution in [2.45, 2.75) is 38.1 Å². The summed E-state index contributed by atoms with van der Waals surface area (Å²) in [4.78, 5) is 27.1. The molecule has 1 amide bonds. The second-order valence-electron chi connectivity index (χ2n) is 6.72. The van der Waals surface area contributed by atoms with E-state index in [-0.39, 0.29) is 12.0 Å². The van der Waals surface area contributed by atoms with Gasteiger partial charge >= 0.3 is 0 Å². The summed E-state index contributed by atoms with van der Waals surface area (Å²) in [6.07, 6.45) is -0.0877. The van der Waals surface area contributed by atoms with Gasteiger partial charge in [0.05, 0.1) is 23.9 Å². The van der Waals surface area contributed by atoms with E-state index in [0.717, 1.165) is 28.8 Å². The smallest absolute Gasteiger partial charge is 0.220 e. The van der Waals surface area contributed by atoms with Crippen molar-refractivity contribution in [3.8, 4) is 0 Å². The summed E-state index contributed by atoms with van der Waals surface area (Å²) in [5.41, 5.74) is 8.13. The number of nitrogens with zero attached hydrogens (tertiary/aromatic N) is 3. The maximum Gasteiger partial charge on any atom is 0.220 e. The van der Waals surface area contributed by atoms with E-state index in [1.165, 1.54) is 6.92 Å². The average Bonchev–Trinajstić information content (AvgIpc) is 3.45. The zero-order valence-electron chi connectivity index (χ0n) is 15.4. The largest absolute Gasteiger partial charge is 0.390 e. The van der Waals surface area contributed by atoms with Gasteiger partial charge in [-0.25, -0.2) is 0 Å². The fourth-order valence-electron chi connectivity index (χ4n) is 3.22. The summed E-state index contributed by atoms with van der Waals surface area (Å²) in [5, 5.41) is 8.38. The van der Waals surface area contributed by atoms with Crippen LogP contribution < -0.4 is 5.73 Å². The minimum atomic E-state index is -0.624. The topological polar surface area (TPSA) is 89.5 Å². The first-order chi connectivity index (χ1) is 13.9. The first-order valence-corrected chi connectivity index (χ1v) is 12.1. The van der Waals surface area contributed by atoms with Crippen molar-refractivity contribution >= 4 is 71.9 Å². The van der Waals surface area contributed by atoms with E-state index in [4.69, 9.17) is 15.4 Å². The lowest BCUT2D eigenvalue weighted by atomic mass is 10.1. The van der Waals surface area contributed by atoms with Crippen LogP contribution in [0.25, 0.3) is 0 Å². The molecule has 0 aromatic carbocycles. The van der Waals surface area contributed by atoms with Gasteiger partial charge in [0.15, 0.2) is 12.2 Å². The van der Waals surface area contributed by atoms with Crippen molar-refractivity contribution in [2.24, 2.45) is 16.0 Å². The molecule has 154 valence electrons. The van der Waals surface area contributed by atoms with E-state index in [1.54, 1.807) is 27.6 Å². The van der Waals surface area contributed by atoms with Gasteiger partial charge in [0.1, 0.15) is 17.6 Å². The van der Waals surface area contributed by atoms with E-state index >= 15 is 0 Å². The molecule has 0 aliphatic carbocycles. The van der Waals surface area contributed by atoms with Crippen molar-refractivity contribution in [1.29, 1.82) is 0 Å². The van der Waals surface area contributed by atoms with Gasteiger partial charge in [-0.15, -0.1) is 22.7 Å². The normalized spacial score (nSPS) is 21.9. The molecule has 2 aliphatic heterocycles. The Morgan fingerprint density at radius 3 is 2.28 bits per heavy atom. The minimum Gasteiger partial charge on any atom is -0.390 e. The highest BCUT2D eigenvalue weighted by Gasteiger charge is 2.36. The number of hydrogen-bond donors (Lipinski definition) is 1. The summed E-state index contributed by atoms with van der Waals surface area (Å²) >= 11 is 10.1. The number of amides is 1. The number of nitrogens with two attached hydrogens (primary N) is 1. The maximum atomic E-state index is 12.3. The summed E-state index contributed by atoms with van der Waals surface area (Å²) in [6.45, 7) is 1.84. The molecule has 0 saturated carbocycles. The number of halogens is 2. The van der Waals surface area contributed by atoms with Gasteiger partial charge < -0.3 is 20.3 Å². The van der Waals surface area contributed by atoms with Crippen molar-refractivity contribution in [2.75, 3.05) is 6.54 Å². The molecule has 0 bridgehead atoms. The van der Waals surface area contributed by atoms with E-state index in [1.807, 2.05) is 24.3 Å². The van der Waals surface area contributed by atoms with Crippen molar-refractivity contribution in [1.82, 2.24) is 4.90 Å². The van der Waals surface area contributed by atoms with E-state index < -0.39 is 12.3 Å². The molecule has 4 rings (SSSR count). The van der Waals surface area contributed by atoms with Crippen LogP contribution in [0.5, 0.6) is 0 Å². The van der Waals surface area contributed by atoms with Crippen LogP contribution in [0.1, 0.15) is 29.5 Å². The Morgan fingerprint density at radius 2 is 1.72 bits per heavy atom. The molecule has 11 heteroatoms. The van der Waals surface area contributed by atoms with Crippen molar-refractivity contribution < 1.29 is 14.5 Å². The molecule has 0 spiro atoms. The first kappa shape index (κ1) is 21.0. The molecule has 3 unspecified atom stereocenters. The van der Waals surface area contributed by atoms with Crippen LogP contribution in [0.15, 0.2) is 42.1 Å². The second-order valence-corrected chi connectivity index (χ2v) is 11.7. The quantitative estimate of drug-likeness (QED) is 0.536. The molecule has 4 heterocycles. The lowest BCUT2D eigenvalue weighted by Gasteiger charge is -2.31. The molecule has 2 aromatic rings. The Labute approximate surface area is 192 Å². The Balaban J connectivity index is 1.36. The molecule has 2 aromatic heterocycles. The number of rotatable bonds is 6. The molecule has 2 aliphatic rings. The van der Waals surface area contributed by atoms with Crippen LogP contribution in [-0.4, -0.2) is 47.1 Å². The SMILES string of the molecule is CC(=O)N(CC1CC(c2ccc(Br)s2)=NO1)C(N)C1CC(c2ccc(Br)s2)=NO1. The third kappa shape index (κ3) is 4.74. The van der Waals surface area contributed by atoms with Crippen LogP contribution >= 0.6 is 54.5 Å². The zero-order chi connectivity index (χ0) is 20.5. The van der Waals surface area contributed by atoms with Gasteiger partial charge in [-0.3, -0.25) is 4.79 Å². The predicted octanol–water partition coefficient (Wildman–Crippen LogP) is 4.15. The van der Waals surface area contributed by atoms with E-state index in [0.29, 0.717) is 19.4 Å². The number of hydrogen-bond acceptors (Lipinski definition) is 8. The molecule has 0 fully saturated rings.